The predicted octanol–water partition coefficient (Wildman–Crippen LogP) is 4.71. The number of hydrogen-bond donors (Lipinski definition) is 0. The van der Waals surface area contributed by atoms with Crippen LogP contribution in [0.1, 0.15) is 32.3 Å². The van der Waals surface area contributed by atoms with Gasteiger partial charge in [-0.3, -0.25) is 0 Å². The molecule has 0 N–H and O–H groups in total. The molecule has 0 aromatic heterocycles. The minimum Gasteiger partial charge on any atom is -0.123 e. The topological polar surface area (TPSA) is 0 Å². The zero-order valence-electron chi connectivity index (χ0n) is 8.79. The Bertz CT molecular complexity index is 252. The van der Waals surface area contributed by atoms with Crippen molar-refractivity contribution in [2.45, 2.75) is 42.7 Å². The Morgan fingerprint density at radius 3 is 2.14 bits per heavy atom. The van der Waals surface area contributed by atoms with Crippen LogP contribution in [0.25, 0.3) is 0 Å². The minimum absolute atomic E-state index is 0.607. The van der Waals surface area contributed by atoms with E-state index in [0.29, 0.717) is 5.88 Å². The van der Waals surface area contributed by atoms with E-state index in [2.05, 4.69) is 38.1 Å². The van der Waals surface area contributed by atoms with Crippen LogP contribution in [0.15, 0.2) is 29.2 Å². The Balaban J connectivity index is 2.58. The van der Waals surface area contributed by atoms with Crippen LogP contribution < -0.4 is 0 Å². The molecule has 78 valence electrons. The molecule has 0 spiro atoms. The lowest BCUT2D eigenvalue weighted by atomic mass is 10.2. The zero-order valence-corrected chi connectivity index (χ0v) is 10.4. The molecule has 0 heterocycles. The number of alkyl halides is 1. The van der Waals surface area contributed by atoms with E-state index in [1.807, 2.05) is 11.8 Å². The van der Waals surface area contributed by atoms with Gasteiger partial charge in [-0.25, -0.2) is 0 Å². The van der Waals surface area contributed by atoms with Gasteiger partial charge in [0, 0.05) is 16.0 Å². The summed E-state index contributed by atoms with van der Waals surface area (Å²) in [5.74, 6) is 0.607. The average molecular weight is 229 g/mol. The first-order valence-electron chi connectivity index (χ1n) is 5.11. The maximum absolute atomic E-state index is 5.73. The van der Waals surface area contributed by atoms with Crippen molar-refractivity contribution in [2.75, 3.05) is 0 Å². The first-order chi connectivity index (χ1) is 6.80. The molecular weight excluding hydrogens is 212 g/mol. The number of hydrogen-bond acceptors (Lipinski definition) is 1. The number of thioether (sulfide) groups is 1. The molecule has 0 atom stereocenters. The first-order valence-corrected chi connectivity index (χ1v) is 6.53. The van der Waals surface area contributed by atoms with E-state index < -0.39 is 0 Å². The van der Waals surface area contributed by atoms with Gasteiger partial charge in [0.15, 0.2) is 0 Å². The van der Waals surface area contributed by atoms with Gasteiger partial charge in [0.25, 0.3) is 0 Å². The monoisotopic (exact) mass is 228 g/mol. The summed E-state index contributed by atoms with van der Waals surface area (Å²) in [4.78, 5) is 1.35. The van der Waals surface area contributed by atoms with Crippen molar-refractivity contribution in [3.63, 3.8) is 0 Å². The summed E-state index contributed by atoms with van der Waals surface area (Å²) in [6.45, 7) is 4.49. The van der Waals surface area contributed by atoms with Gasteiger partial charge >= 0.3 is 0 Å². The second kappa shape index (κ2) is 6.36. The lowest BCUT2D eigenvalue weighted by molar-refractivity contribution is 0.792. The zero-order chi connectivity index (χ0) is 10.4. The number of halogens is 1. The quantitative estimate of drug-likeness (QED) is 0.520. The summed E-state index contributed by atoms with van der Waals surface area (Å²) in [5.41, 5.74) is 1.19. The summed E-state index contributed by atoms with van der Waals surface area (Å²) >= 11 is 7.70. The van der Waals surface area contributed by atoms with E-state index in [4.69, 9.17) is 11.6 Å². The van der Waals surface area contributed by atoms with Crippen LogP contribution >= 0.6 is 23.4 Å². The maximum atomic E-state index is 5.73. The smallest absolute Gasteiger partial charge is 0.0474 e. The van der Waals surface area contributed by atoms with Crippen LogP contribution in [0.5, 0.6) is 0 Å². The van der Waals surface area contributed by atoms with Crippen molar-refractivity contribution in [3.8, 4) is 0 Å². The molecule has 2 heteroatoms. The Hall–Kier alpha value is -0.140. The lowest BCUT2D eigenvalue weighted by Gasteiger charge is -2.11. The fourth-order valence-electron chi connectivity index (χ4n) is 1.30. The molecule has 14 heavy (non-hydrogen) atoms. The second-order valence-corrected chi connectivity index (χ2v) is 4.97. The van der Waals surface area contributed by atoms with Crippen molar-refractivity contribution in [1.82, 2.24) is 0 Å². The van der Waals surface area contributed by atoms with Crippen molar-refractivity contribution in [1.29, 1.82) is 0 Å². The Labute approximate surface area is 96.0 Å². The molecule has 1 aromatic carbocycles. The average Bonchev–Trinajstić information content (AvgIpc) is 2.26. The van der Waals surface area contributed by atoms with Crippen molar-refractivity contribution >= 4 is 23.4 Å². The molecule has 0 radical (unpaired) electrons. The molecule has 0 unspecified atom stereocenters. The third-order valence-electron chi connectivity index (χ3n) is 2.29. The number of rotatable bonds is 5. The van der Waals surface area contributed by atoms with Crippen LogP contribution in [-0.2, 0) is 5.88 Å². The van der Waals surface area contributed by atoms with Gasteiger partial charge < -0.3 is 0 Å². The molecular formula is C12H17ClS. The molecule has 0 saturated heterocycles. The van der Waals surface area contributed by atoms with Gasteiger partial charge in [-0.1, -0.05) is 26.0 Å². The molecule has 0 amide bonds. The van der Waals surface area contributed by atoms with E-state index in [-0.39, 0.29) is 0 Å². The van der Waals surface area contributed by atoms with E-state index in [1.54, 1.807) is 0 Å². The highest BCUT2D eigenvalue weighted by molar-refractivity contribution is 8.00. The van der Waals surface area contributed by atoms with Crippen LogP contribution in [0, 0.1) is 0 Å². The van der Waals surface area contributed by atoms with Crippen molar-refractivity contribution < 1.29 is 0 Å². The highest BCUT2D eigenvalue weighted by Gasteiger charge is 2.04. The third kappa shape index (κ3) is 3.55. The van der Waals surface area contributed by atoms with Crippen LogP contribution in [0.2, 0.25) is 0 Å². The Morgan fingerprint density at radius 2 is 1.71 bits per heavy atom. The largest absolute Gasteiger partial charge is 0.123 e. The molecule has 0 nitrogen and oxygen atoms in total. The maximum Gasteiger partial charge on any atom is 0.0474 e. The highest BCUT2D eigenvalue weighted by Crippen LogP contribution is 2.27. The Morgan fingerprint density at radius 1 is 1.14 bits per heavy atom. The summed E-state index contributed by atoms with van der Waals surface area (Å²) in [5, 5.41) is 0.747. The molecule has 1 aromatic rings. The molecule has 0 aliphatic heterocycles. The molecule has 0 saturated carbocycles. The first kappa shape index (κ1) is 11.9. The van der Waals surface area contributed by atoms with Crippen LogP contribution in [0.3, 0.4) is 0 Å². The fraction of sp³-hybridized carbons (Fsp3) is 0.500. The van der Waals surface area contributed by atoms with Crippen LogP contribution in [0.4, 0.5) is 0 Å². The van der Waals surface area contributed by atoms with Crippen LogP contribution in [-0.4, -0.2) is 5.25 Å². The van der Waals surface area contributed by atoms with E-state index in [9.17, 15) is 0 Å². The molecule has 0 aliphatic rings. The predicted molar refractivity (Wildman–Crippen MR) is 66.2 cm³/mol. The minimum atomic E-state index is 0.607. The van der Waals surface area contributed by atoms with Crippen molar-refractivity contribution in [3.05, 3.63) is 29.8 Å². The summed E-state index contributed by atoms with van der Waals surface area (Å²) in [7, 11) is 0. The van der Waals surface area contributed by atoms with Gasteiger partial charge in [0.05, 0.1) is 0 Å². The SMILES string of the molecule is CCC(CC)Sc1ccc(CCl)cc1. The van der Waals surface area contributed by atoms with Gasteiger partial charge in [-0.15, -0.1) is 23.4 Å². The summed E-state index contributed by atoms with van der Waals surface area (Å²) < 4.78 is 0. The lowest BCUT2D eigenvalue weighted by Crippen LogP contribution is -1.97. The molecule has 0 bridgehead atoms. The van der Waals surface area contributed by atoms with Gasteiger partial charge in [0.1, 0.15) is 0 Å². The van der Waals surface area contributed by atoms with E-state index in [1.165, 1.54) is 23.3 Å². The van der Waals surface area contributed by atoms with Gasteiger partial charge in [-0.2, -0.15) is 0 Å². The Kier molecular flexibility index (Phi) is 5.42. The van der Waals surface area contributed by atoms with Crippen molar-refractivity contribution in [2.24, 2.45) is 0 Å². The number of benzene rings is 1. The molecule has 0 fully saturated rings. The normalized spacial score (nSPS) is 10.9. The standard InChI is InChI=1S/C12H17ClS/c1-3-11(4-2)14-12-7-5-10(9-13)6-8-12/h5-8,11H,3-4,9H2,1-2H3. The second-order valence-electron chi connectivity index (χ2n) is 3.33. The molecule has 0 aliphatic carbocycles. The van der Waals surface area contributed by atoms with E-state index in [0.717, 1.165) is 5.25 Å². The summed E-state index contributed by atoms with van der Waals surface area (Å²) in [6, 6.07) is 8.55. The summed E-state index contributed by atoms with van der Waals surface area (Å²) in [6.07, 6.45) is 2.47. The van der Waals surface area contributed by atoms with E-state index >= 15 is 0 Å². The third-order valence-corrected chi connectivity index (χ3v) is 4.14. The fourth-order valence-corrected chi connectivity index (χ4v) is 2.49. The van der Waals surface area contributed by atoms with Gasteiger partial charge in [-0.05, 0) is 30.5 Å². The molecule has 1 rings (SSSR count). The van der Waals surface area contributed by atoms with Gasteiger partial charge in [0.2, 0.25) is 0 Å². The highest BCUT2D eigenvalue weighted by atomic mass is 35.5.